The van der Waals surface area contributed by atoms with E-state index in [1.165, 1.54) is 18.2 Å². The Hall–Kier alpha value is -3.25. The lowest BCUT2D eigenvalue weighted by Crippen LogP contribution is -2.33. The van der Waals surface area contributed by atoms with Crippen molar-refractivity contribution in [1.29, 1.82) is 0 Å². The Labute approximate surface area is 170 Å². The number of rotatable bonds is 5. The van der Waals surface area contributed by atoms with E-state index in [1.54, 1.807) is 12.5 Å². The van der Waals surface area contributed by atoms with Crippen LogP contribution in [-0.4, -0.2) is 34.2 Å². The fourth-order valence-electron chi connectivity index (χ4n) is 3.80. The predicted molar refractivity (Wildman–Crippen MR) is 112 cm³/mol. The Morgan fingerprint density at radius 3 is 2.97 bits per heavy atom. The molecule has 0 saturated heterocycles. The number of pyridine rings is 1. The number of ether oxygens (including phenoxy) is 1. The molecule has 2 heterocycles. The molecule has 0 fully saturated rings. The summed E-state index contributed by atoms with van der Waals surface area (Å²) in [5.74, 6) is -0.176. The molecule has 2 aromatic heterocycles. The van der Waals surface area contributed by atoms with Crippen LogP contribution in [0.25, 0.3) is 11.6 Å². The van der Waals surface area contributed by atoms with Crippen molar-refractivity contribution in [3.05, 3.63) is 82.7 Å². The topological polar surface area (TPSA) is 69.0 Å². The van der Waals surface area contributed by atoms with Gasteiger partial charge in [-0.3, -0.25) is 9.78 Å². The average Bonchev–Trinajstić information content (AvgIpc) is 3.05. The Balaban J connectivity index is 1.92. The van der Waals surface area contributed by atoms with Crippen molar-refractivity contribution in [2.24, 2.45) is 7.05 Å². The van der Waals surface area contributed by atoms with Crippen molar-refractivity contribution in [2.75, 3.05) is 13.7 Å². The molecule has 148 valence electrons. The second kappa shape index (κ2) is 8.01. The molecule has 1 aliphatic carbocycles. The summed E-state index contributed by atoms with van der Waals surface area (Å²) in [5, 5.41) is 3.14. The molecule has 6 heteroatoms. The second-order valence-electron chi connectivity index (χ2n) is 7.34. The van der Waals surface area contributed by atoms with Crippen LogP contribution in [0.15, 0.2) is 49.1 Å². The smallest absolute Gasteiger partial charge is 0.246 e. The molecule has 0 bridgehead atoms. The Morgan fingerprint density at radius 1 is 1.34 bits per heavy atom. The number of fused-ring (bicyclic) bond motifs is 2. The molecule has 1 amide bonds. The molecule has 0 unspecified atom stereocenters. The number of carbonyl (C=O) groups excluding carboxylic acids is 1. The zero-order chi connectivity index (χ0) is 20.4. The Morgan fingerprint density at radius 2 is 2.21 bits per heavy atom. The number of methoxy groups -OCH3 is 1. The normalized spacial score (nSPS) is 13.7. The van der Waals surface area contributed by atoms with Gasteiger partial charge in [-0.25, -0.2) is 4.98 Å². The lowest BCUT2D eigenvalue weighted by atomic mass is 9.90. The van der Waals surface area contributed by atoms with Crippen LogP contribution in [0.4, 0.5) is 0 Å². The van der Waals surface area contributed by atoms with Gasteiger partial charge in [-0.2, -0.15) is 0 Å². The van der Waals surface area contributed by atoms with Gasteiger partial charge in [0.05, 0.1) is 30.0 Å². The molecule has 1 aromatic carbocycles. The summed E-state index contributed by atoms with van der Waals surface area (Å²) in [6, 6.07) is 10.1. The largest absolute Gasteiger partial charge is 0.375 e. The molecule has 0 aliphatic heterocycles. The number of hydrogen-bond acceptors (Lipinski definition) is 4. The Kier molecular flexibility index (Phi) is 5.27. The highest BCUT2D eigenvalue weighted by Gasteiger charge is 2.27. The summed E-state index contributed by atoms with van der Waals surface area (Å²) in [4.78, 5) is 21.4. The van der Waals surface area contributed by atoms with E-state index in [4.69, 9.17) is 4.74 Å². The van der Waals surface area contributed by atoms with Crippen molar-refractivity contribution in [1.82, 2.24) is 19.9 Å². The summed E-state index contributed by atoms with van der Waals surface area (Å²) < 4.78 is 6.98. The molecular formula is C23H24N4O2. The molecule has 1 aliphatic rings. The van der Waals surface area contributed by atoms with Gasteiger partial charge in [0, 0.05) is 26.8 Å². The first-order valence-electron chi connectivity index (χ1n) is 9.56. The highest BCUT2D eigenvalue weighted by Crippen LogP contribution is 2.37. The number of hydrogen-bond donors (Lipinski definition) is 1. The van der Waals surface area contributed by atoms with Crippen molar-refractivity contribution in [2.45, 2.75) is 19.4 Å². The van der Waals surface area contributed by atoms with Gasteiger partial charge in [-0.15, -0.1) is 0 Å². The number of carbonyl (C=O) groups is 1. The number of benzene rings is 1. The number of nitrogens with zero attached hydrogens (tertiary/aromatic N) is 3. The van der Waals surface area contributed by atoms with Crippen LogP contribution in [-0.2, 0) is 23.0 Å². The van der Waals surface area contributed by atoms with Crippen LogP contribution in [0, 0.1) is 6.92 Å². The lowest BCUT2D eigenvalue weighted by molar-refractivity contribution is -0.125. The van der Waals surface area contributed by atoms with E-state index in [2.05, 4.69) is 52.5 Å². The van der Waals surface area contributed by atoms with Gasteiger partial charge in [0.1, 0.15) is 6.61 Å². The molecule has 1 N–H and O–H groups in total. The molecule has 0 spiro atoms. The van der Waals surface area contributed by atoms with Crippen LogP contribution in [0.2, 0.25) is 0 Å². The predicted octanol–water partition coefficient (Wildman–Crippen LogP) is 3.07. The van der Waals surface area contributed by atoms with Gasteiger partial charge in [-0.05, 0) is 41.3 Å². The van der Waals surface area contributed by atoms with E-state index >= 15 is 0 Å². The standard InChI is InChI=1S/C23H24N4O2/c1-15-6-7-16-11-20-17(5-4-8-25-20)10-19(18(16)9-15)23(26-22(28)13-29-3)21-12-24-14-27(21)2/h4-10,12,14,23H,11,13H2,1-3H3,(H,26,28)/t23-/m1/s1. The van der Waals surface area contributed by atoms with Crippen LogP contribution in [0.1, 0.15) is 39.7 Å². The molecule has 1 atom stereocenters. The quantitative estimate of drug-likeness (QED) is 0.729. The third-order valence-electron chi connectivity index (χ3n) is 5.21. The number of nitrogens with one attached hydrogen (secondary N) is 1. The number of aryl methyl sites for hydroxylation is 2. The van der Waals surface area contributed by atoms with Crippen LogP contribution >= 0.6 is 0 Å². The molecular weight excluding hydrogens is 364 g/mol. The molecule has 0 saturated carbocycles. The van der Waals surface area contributed by atoms with Gasteiger partial charge in [0.15, 0.2) is 0 Å². The Bertz CT molecular complexity index is 1080. The number of aromatic nitrogens is 3. The fourth-order valence-corrected chi connectivity index (χ4v) is 3.80. The minimum atomic E-state index is -0.364. The SMILES string of the molecule is COCC(=O)N[C@H](C1=Cc2cccnc2Cc2ccc(C)cc21)c1cncn1C. The van der Waals surface area contributed by atoms with E-state index in [-0.39, 0.29) is 18.6 Å². The van der Waals surface area contributed by atoms with Crippen molar-refractivity contribution < 1.29 is 9.53 Å². The summed E-state index contributed by atoms with van der Waals surface area (Å²) in [6.07, 6.45) is 8.25. The minimum Gasteiger partial charge on any atom is -0.375 e. The van der Waals surface area contributed by atoms with Gasteiger partial charge in [-0.1, -0.05) is 29.8 Å². The first kappa shape index (κ1) is 19.1. The molecule has 3 aromatic rings. The molecule has 4 rings (SSSR count). The van der Waals surface area contributed by atoms with Gasteiger partial charge >= 0.3 is 0 Å². The third-order valence-corrected chi connectivity index (χ3v) is 5.21. The van der Waals surface area contributed by atoms with Gasteiger partial charge < -0.3 is 14.6 Å². The summed E-state index contributed by atoms with van der Waals surface area (Å²) in [6.45, 7) is 2.08. The average molecular weight is 388 g/mol. The molecule has 6 nitrogen and oxygen atoms in total. The van der Waals surface area contributed by atoms with Crippen LogP contribution in [0.5, 0.6) is 0 Å². The maximum Gasteiger partial charge on any atom is 0.246 e. The number of imidazole rings is 1. The lowest BCUT2D eigenvalue weighted by Gasteiger charge is -2.24. The minimum absolute atomic E-state index is 0.000445. The zero-order valence-electron chi connectivity index (χ0n) is 16.8. The third kappa shape index (κ3) is 3.84. The zero-order valence-corrected chi connectivity index (χ0v) is 16.8. The number of amides is 1. The van der Waals surface area contributed by atoms with Crippen molar-refractivity contribution in [3.8, 4) is 0 Å². The molecule has 29 heavy (non-hydrogen) atoms. The molecule has 0 radical (unpaired) electrons. The van der Waals surface area contributed by atoms with E-state index in [0.717, 1.165) is 34.5 Å². The summed E-state index contributed by atoms with van der Waals surface area (Å²) in [7, 11) is 3.45. The van der Waals surface area contributed by atoms with E-state index in [9.17, 15) is 4.79 Å². The van der Waals surface area contributed by atoms with E-state index in [1.807, 2.05) is 23.9 Å². The maximum atomic E-state index is 12.5. The van der Waals surface area contributed by atoms with Crippen LogP contribution < -0.4 is 5.32 Å². The van der Waals surface area contributed by atoms with Gasteiger partial charge in [0.2, 0.25) is 5.91 Å². The first-order chi connectivity index (χ1) is 14.1. The van der Waals surface area contributed by atoms with Crippen molar-refractivity contribution >= 4 is 17.6 Å². The highest BCUT2D eigenvalue weighted by molar-refractivity contribution is 5.91. The van der Waals surface area contributed by atoms with Crippen molar-refractivity contribution in [3.63, 3.8) is 0 Å². The van der Waals surface area contributed by atoms with E-state index < -0.39 is 0 Å². The monoisotopic (exact) mass is 388 g/mol. The van der Waals surface area contributed by atoms with E-state index in [0.29, 0.717) is 0 Å². The highest BCUT2D eigenvalue weighted by atomic mass is 16.5. The van der Waals surface area contributed by atoms with Gasteiger partial charge in [0.25, 0.3) is 0 Å². The second-order valence-corrected chi connectivity index (χ2v) is 7.34. The fraction of sp³-hybridized carbons (Fsp3) is 0.261. The summed E-state index contributed by atoms with van der Waals surface area (Å²) in [5.41, 5.74) is 7.48. The maximum absolute atomic E-state index is 12.5. The van der Waals surface area contributed by atoms with Crippen LogP contribution in [0.3, 0.4) is 0 Å². The summed E-state index contributed by atoms with van der Waals surface area (Å²) >= 11 is 0. The first-order valence-corrected chi connectivity index (χ1v) is 9.56.